The van der Waals surface area contributed by atoms with Crippen molar-refractivity contribution < 1.29 is 0 Å². The van der Waals surface area contributed by atoms with Crippen LogP contribution in [0.1, 0.15) is 0 Å². The molecule has 53 heavy (non-hydrogen) atoms. The monoisotopic (exact) mass is 711 g/mol. The Kier molecular flexibility index (Phi) is 7.17. The summed E-state index contributed by atoms with van der Waals surface area (Å²) in [5, 5.41) is 8.64. The summed E-state index contributed by atoms with van der Waals surface area (Å²) < 4.78 is 0. The number of fused-ring (bicyclic) bond motifs is 7. The van der Waals surface area contributed by atoms with Crippen molar-refractivity contribution in [3.63, 3.8) is 0 Å². The second-order valence-corrected chi connectivity index (χ2v) is 24.5. The molecule has 0 unspecified atom stereocenters. The molecule has 0 atom stereocenters. The fourth-order valence-corrected chi connectivity index (χ4v) is 15.4. The van der Waals surface area contributed by atoms with E-state index in [0.29, 0.717) is 0 Å². The van der Waals surface area contributed by atoms with Crippen LogP contribution in [0.15, 0.2) is 176 Å². The number of nitrogens with zero attached hydrogens (tertiary/aromatic N) is 1. The maximum absolute atomic E-state index is 2.50. The van der Waals surface area contributed by atoms with Crippen molar-refractivity contribution in [2.45, 2.75) is 26.2 Å². The Bertz CT molecular complexity index is 2740. The topological polar surface area (TPSA) is 3.24 Å². The van der Waals surface area contributed by atoms with Crippen molar-refractivity contribution in [1.29, 1.82) is 0 Å². The molecule has 3 heteroatoms. The van der Waals surface area contributed by atoms with E-state index in [1.807, 2.05) is 0 Å². The van der Waals surface area contributed by atoms with Gasteiger partial charge in [-0.2, -0.15) is 0 Å². The zero-order chi connectivity index (χ0) is 35.9. The summed E-state index contributed by atoms with van der Waals surface area (Å²) in [6, 6.07) is 66.1. The van der Waals surface area contributed by atoms with Crippen LogP contribution < -0.4 is 25.6 Å². The molecule has 0 spiro atoms. The number of benzene rings is 8. The van der Waals surface area contributed by atoms with E-state index in [1.54, 1.807) is 5.19 Å². The minimum absolute atomic E-state index is 1.16. The summed E-state index contributed by atoms with van der Waals surface area (Å²) in [7, 11) is -3.64. The van der Waals surface area contributed by atoms with Gasteiger partial charge in [0, 0.05) is 16.9 Å². The first-order valence-corrected chi connectivity index (χ1v) is 24.8. The molecule has 0 amide bonds. The van der Waals surface area contributed by atoms with Gasteiger partial charge in [-0.3, -0.25) is 0 Å². The van der Waals surface area contributed by atoms with Crippen molar-refractivity contribution >= 4 is 64.7 Å². The summed E-state index contributed by atoms with van der Waals surface area (Å²) in [6.45, 7) is 9.99. The molecule has 0 fully saturated rings. The van der Waals surface area contributed by atoms with E-state index >= 15 is 0 Å². The van der Waals surface area contributed by atoms with Crippen LogP contribution in [0.5, 0.6) is 0 Å². The fourth-order valence-electron chi connectivity index (χ4n) is 9.23. The summed E-state index contributed by atoms with van der Waals surface area (Å²) in [5.74, 6) is 0. The van der Waals surface area contributed by atoms with Gasteiger partial charge in [0.05, 0.1) is 5.69 Å². The van der Waals surface area contributed by atoms with Crippen molar-refractivity contribution in [1.82, 2.24) is 0 Å². The van der Waals surface area contributed by atoms with E-state index < -0.39 is 16.1 Å². The molecule has 1 nitrogen and oxygen atoms in total. The molecule has 2 aliphatic heterocycles. The minimum atomic E-state index is -1.87. The van der Waals surface area contributed by atoms with Gasteiger partial charge in [0.25, 0.3) is 0 Å². The molecule has 0 saturated carbocycles. The Hall–Kier alpha value is -5.75. The largest absolute Gasteiger partial charge is 0.310 e. The van der Waals surface area contributed by atoms with Gasteiger partial charge < -0.3 is 4.90 Å². The SMILES string of the molecule is C[Si]1(C)c2ccccc2-c2ccc(-c3ccc(N(c4cccc(-c5ccc6ccccc6c5)c4)c4cccc5c4-c4ccccc4[Si]5(C)C)cc3)cc21. The van der Waals surface area contributed by atoms with Crippen LogP contribution in [0, 0.1) is 0 Å². The van der Waals surface area contributed by atoms with Gasteiger partial charge in [0.2, 0.25) is 0 Å². The zero-order valence-corrected chi connectivity index (χ0v) is 32.7. The number of rotatable bonds is 5. The summed E-state index contributed by atoms with van der Waals surface area (Å²) in [5.41, 5.74) is 14.1. The maximum atomic E-state index is 2.50. The number of anilines is 3. The van der Waals surface area contributed by atoms with Crippen LogP contribution in [-0.2, 0) is 0 Å². The first-order valence-electron chi connectivity index (χ1n) is 18.8. The molecule has 2 heterocycles. The molecule has 254 valence electrons. The average molecular weight is 712 g/mol. The highest BCUT2D eigenvalue weighted by atomic mass is 28.3. The maximum Gasteiger partial charge on any atom is 0.113 e. The molecule has 0 aromatic heterocycles. The Balaban J connectivity index is 1.11. The van der Waals surface area contributed by atoms with Gasteiger partial charge in [-0.1, -0.05) is 166 Å². The molecule has 8 aromatic carbocycles. The van der Waals surface area contributed by atoms with Crippen LogP contribution in [0.4, 0.5) is 17.1 Å². The third kappa shape index (κ3) is 4.95. The van der Waals surface area contributed by atoms with E-state index in [4.69, 9.17) is 0 Å². The smallest absolute Gasteiger partial charge is 0.113 e. The zero-order valence-electron chi connectivity index (χ0n) is 30.7. The van der Waals surface area contributed by atoms with Crippen LogP contribution in [-0.4, -0.2) is 16.1 Å². The first-order chi connectivity index (χ1) is 25.8. The van der Waals surface area contributed by atoms with Gasteiger partial charge >= 0.3 is 0 Å². The van der Waals surface area contributed by atoms with E-state index in [0.717, 1.165) is 11.4 Å². The summed E-state index contributed by atoms with van der Waals surface area (Å²) in [6.07, 6.45) is 0. The Labute approximate surface area is 314 Å². The molecule has 0 bridgehead atoms. The standard InChI is InChI=1S/C50H41NSi2/c1-52(2)47-21-10-8-18-44(47)50-45(19-12-22-48(50)52)51(41-16-11-15-37(32-41)38-24-23-34-13-5-6-14-36(34)31-38)40-28-25-35(26-29-40)39-27-30-43-42-17-7-9-20-46(42)53(3,4)49(43)33-39/h5-33H,1-4H3. The highest BCUT2D eigenvalue weighted by molar-refractivity contribution is 7.04. The average Bonchev–Trinajstić information content (AvgIpc) is 3.58. The highest BCUT2D eigenvalue weighted by Gasteiger charge is 2.40. The second-order valence-electron chi connectivity index (χ2n) is 15.8. The Morgan fingerprint density at radius 2 is 0.906 bits per heavy atom. The summed E-state index contributed by atoms with van der Waals surface area (Å²) in [4.78, 5) is 2.50. The first kappa shape index (κ1) is 31.9. The van der Waals surface area contributed by atoms with Crippen LogP contribution in [0.2, 0.25) is 26.2 Å². The molecule has 0 radical (unpaired) electrons. The number of hydrogen-bond donors (Lipinski definition) is 0. The minimum Gasteiger partial charge on any atom is -0.310 e. The lowest BCUT2D eigenvalue weighted by Crippen LogP contribution is -2.49. The van der Waals surface area contributed by atoms with Gasteiger partial charge in [0.15, 0.2) is 0 Å². The predicted molar refractivity (Wildman–Crippen MR) is 234 cm³/mol. The normalized spacial score (nSPS) is 14.3. The lowest BCUT2D eigenvalue weighted by molar-refractivity contribution is 1.29. The molecule has 8 aromatic rings. The van der Waals surface area contributed by atoms with E-state index in [2.05, 4.69) is 207 Å². The van der Waals surface area contributed by atoms with Gasteiger partial charge in [-0.15, -0.1) is 0 Å². The van der Waals surface area contributed by atoms with Crippen LogP contribution in [0.25, 0.3) is 55.3 Å². The van der Waals surface area contributed by atoms with Crippen molar-refractivity contribution in [2.75, 3.05) is 4.90 Å². The second kappa shape index (κ2) is 11.9. The van der Waals surface area contributed by atoms with E-state index in [-0.39, 0.29) is 0 Å². The molecule has 2 aliphatic rings. The lowest BCUT2D eigenvalue weighted by atomic mass is 9.98. The molecule has 0 saturated heterocycles. The van der Waals surface area contributed by atoms with Crippen molar-refractivity contribution in [3.8, 4) is 44.5 Å². The van der Waals surface area contributed by atoms with Crippen molar-refractivity contribution in [3.05, 3.63) is 176 Å². The molecule has 0 N–H and O–H groups in total. The molecular weight excluding hydrogens is 671 g/mol. The van der Waals surface area contributed by atoms with Gasteiger partial charge in [-0.05, 0) is 107 Å². The fraction of sp³-hybridized carbons (Fsp3) is 0.0800. The summed E-state index contributed by atoms with van der Waals surface area (Å²) >= 11 is 0. The third-order valence-electron chi connectivity index (χ3n) is 12.1. The van der Waals surface area contributed by atoms with Gasteiger partial charge in [0.1, 0.15) is 16.1 Å². The van der Waals surface area contributed by atoms with Crippen molar-refractivity contribution in [2.24, 2.45) is 0 Å². The lowest BCUT2D eigenvalue weighted by Gasteiger charge is -2.29. The third-order valence-corrected chi connectivity index (χ3v) is 19.1. The molecule has 10 rings (SSSR count). The van der Waals surface area contributed by atoms with E-state index in [9.17, 15) is 0 Å². The Morgan fingerprint density at radius 3 is 1.72 bits per heavy atom. The molecular formula is C50H41NSi2. The van der Waals surface area contributed by atoms with E-state index in [1.165, 1.54) is 76.5 Å². The van der Waals surface area contributed by atoms with Crippen LogP contribution >= 0.6 is 0 Å². The number of hydrogen-bond acceptors (Lipinski definition) is 1. The van der Waals surface area contributed by atoms with Gasteiger partial charge in [-0.25, -0.2) is 0 Å². The quantitative estimate of drug-likeness (QED) is 0.161. The predicted octanol–water partition coefficient (Wildman–Crippen LogP) is 11.2. The van der Waals surface area contributed by atoms with Crippen LogP contribution in [0.3, 0.4) is 0 Å². The Morgan fingerprint density at radius 1 is 0.340 bits per heavy atom. The molecule has 0 aliphatic carbocycles. The highest BCUT2D eigenvalue weighted by Crippen LogP contribution is 2.44.